The van der Waals surface area contributed by atoms with Gasteiger partial charge in [0.15, 0.2) is 17.2 Å². The summed E-state index contributed by atoms with van der Waals surface area (Å²) in [6.45, 7) is 3.80. The number of carbonyl (C=O) groups is 2. The monoisotopic (exact) mass is 516 g/mol. The van der Waals surface area contributed by atoms with Crippen LogP contribution in [0.15, 0.2) is 23.8 Å². The molecule has 3 saturated carbocycles. The van der Waals surface area contributed by atoms with Crippen molar-refractivity contribution in [1.82, 2.24) is 0 Å². The predicted octanol–water partition coefficient (Wildman–Crippen LogP) is -5.24. The number of alkyl halides is 1. The fourth-order valence-corrected chi connectivity index (χ4v) is 7.66. The zero-order chi connectivity index (χ0) is 23.9. The van der Waals surface area contributed by atoms with Crippen molar-refractivity contribution >= 4 is 19.4 Å². The van der Waals surface area contributed by atoms with Crippen LogP contribution in [0.2, 0.25) is 0 Å². The van der Waals surface area contributed by atoms with Crippen LogP contribution in [0.3, 0.4) is 0 Å². The number of phosphoric ester groups is 1. The second kappa shape index (κ2) is 9.83. The topological polar surface area (TPSA) is 147 Å². The average molecular weight is 516 g/mol. The summed E-state index contributed by atoms with van der Waals surface area (Å²) in [4.78, 5) is 46.6. The number of ketones is 2. The van der Waals surface area contributed by atoms with E-state index in [-0.39, 0.29) is 77.7 Å². The van der Waals surface area contributed by atoms with Crippen LogP contribution in [-0.2, 0) is 18.7 Å². The van der Waals surface area contributed by atoms with E-state index in [1.165, 1.54) is 18.2 Å². The standard InChI is InChI=1S/C22H30FO8P.2Na/c1-12-8-16-15-5-4-13-9-14(24)6-7-19(13,2)21(15,23)17(25)10-20(16,3)22(12,27)18(26)11-31-32(28,29)30;;/h6-7,9,12,15-17,25,27H,4-5,8,10-11H2,1-3H3,(H2,28,29,30);;/q;2*+1/p-2/t12-,15?,16?,17-,19?,20?,21-,22-;;/m0../s1. The molecule has 34 heavy (non-hydrogen) atoms. The van der Waals surface area contributed by atoms with Crippen LogP contribution in [0.5, 0.6) is 0 Å². The Kier molecular flexibility index (Phi) is 8.96. The third-order valence-electron chi connectivity index (χ3n) is 9.00. The normalized spacial score (nSPS) is 45.2. The van der Waals surface area contributed by atoms with Crippen molar-refractivity contribution in [3.63, 3.8) is 0 Å². The number of carbonyl (C=O) groups excluding carboxylic acids is 2. The second-order valence-electron chi connectivity index (χ2n) is 10.3. The number of hydrogen-bond acceptors (Lipinski definition) is 8. The van der Waals surface area contributed by atoms with E-state index < -0.39 is 66.2 Å². The van der Waals surface area contributed by atoms with Crippen molar-refractivity contribution in [1.29, 1.82) is 0 Å². The summed E-state index contributed by atoms with van der Waals surface area (Å²) in [6, 6.07) is 0. The molecule has 0 aliphatic heterocycles. The summed E-state index contributed by atoms with van der Waals surface area (Å²) < 4.78 is 32.0. The van der Waals surface area contributed by atoms with Crippen molar-refractivity contribution in [2.75, 3.05) is 6.61 Å². The Morgan fingerprint density at radius 1 is 1.29 bits per heavy atom. The Morgan fingerprint density at radius 2 is 1.91 bits per heavy atom. The minimum Gasteiger partial charge on any atom is -0.790 e. The molecule has 0 bridgehead atoms. The number of hydrogen-bond donors (Lipinski definition) is 2. The zero-order valence-electron chi connectivity index (χ0n) is 20.2. The van der Waals surface area contributed by atoms with Crippen LogP contribution < -0.4 is 68.9 Å². The van der Waals surface area contributed by atoms with E-state index in [1.54, 1.807) is 20.8 Å². The van der Waals surface area contributed by atoms with Crippen LogP contribution in [-0.4, -0.2) is 45.8 Å². The van der Waals surface area contributed by atoms with Gasteiger partial charge in [-0.05, 0) is 56.6 Å². The van der Waals surface area contributed by atoms with Crippen LogP contribution in [0.25, 0.3) is 0 Å². The number of aliphatic hydroxyl groups excluding tert-OH is 1. The van der Waals surface area contributed by atoms with Crippen molar-refractivity contribution in [2.45, 2.75) is 63.8 Å². The number of Topliss-reactive ketones (excluding diaryl/α,β-unsaturated/α-hetero) is 1. The summed E-state index contributed by atoms with van der Waals surface area (Å²) in [5, 5.41) is 22.8. The van der Waals surface area contributed by atoms with Gasteiger partial charge in [-0.15, -0.1) is 0 Å². The molecule has 8 atom stereocenters. The number of aliphatic hydroxyl groups is 2. The SMILES string of the molecule is C[C@H]1CC2C3CCC4=CC(=O)C=CC4(C)[C@@]3(F)[C@@H](O)CC2(C)[C@@]1(O)C(=O)COP(=O)([O-])[O-].[Na+].[Na+]. The van der Waals surface area contributed by atoms with Crippen LogP contribution in [0.1, 0.15) is 46.5 Å². The summed E-state index contributed by atoms with van der Waals surface area (Å²) >= 11 is 0. The summed E-state index contributed by atoms with van der Waals surface area (Å²) in [6.07, 6.45) is 3.54. The molecule has 0 radical (unpaired) electrons. The van der Waals surface area contributed by atoms with Gasteiger partial charge in [0.1, 0.15) is 12.2 Å². The third-order valence-corrected chi connectivity index (χ3v) is 9.45. The van der Waals surface area contributed by atoms with E-state index in [9.17, 15) is 34.2 Å². The Hall–Kier alpha value is 0.780. The van der Waals surface area contributed by atoms with Gasteiger partial charge in [-0.2, -0.15) is 0 Å². The molecular weight excluding hydrogens is 488 g/mol. The molecule has 2 N–H and O–H groups in total. The Balaban J connectivity index is 0.00000204. The third kappa shape index (κ3) is 4.20. The molecule has 0 aromatic heterocycles. The van der Waals surface area contributed by atoms with Crippen LogP contribution >= 0.6 is 7.82 Å². The van der Waals surface area contributed by atoms with Gasteiger partial charge in [0.25, 0.3) is 0 Å². The fourth-order valence-electron chi connectivity index (χ4n) is 7.39. The van der Waals surface area contributed by atoms with Crippen LogP contribution in [0, 0.1) is 28.6 Å². The first-order valence-electron chi connectivity index (χ1n) is 10.8. The van der Waals surface area contributed by atoms with Gasteiger partial charge in [-0.25, -0.2) is 4.39 Å². The van der Waals surface area contributed by atoms with Gasteiger partial charge in [-0.1, -0.05) is 25.5 Å². The summed E-state index contributed by atoms with van der Waals surface area (Å²) in [7, 11) is -5.43. The first-order chi connectivity index (χ1) is 14.6. The molecule has 4 rings (SSSR count). The van der Waals surface area contributed by atoms with E-state index in [0.29, 0.717) is 18.4 Å². The number of fused-ring (bicyclic) bond motifs is 5. The summed E-state index contributed by atoms with van der Waals surface area (Å²) in [5.74, 6) is -3.06. The fraction of sp³-hybridized carbons (Fsp3) is 0.727. The molecule has 0 aromatic rings. The van der Waals surface area contributed by atoms with Crippen molar-refractivity contribution < 1.29 is 102 Å². The minimum atomic E-state index is -5.43. The zero-order valence-corrected chi connectivity index (χ0v) is 25.1. The molecule has 0 saturated heterocycles. The van der Waals surface area contributed by atoms with Gasteiger partial charge in [0.2, 0.25) is 0 Å². The molecule has 178 valence electrons. The van der Waals surface area contributed by atoms with E-state index in [4.69, 9.17) is 0 Å². The maximum Gasteiger partial charge on any atom is 1.00 e. The molecule has 4 aliphatic carbocycles. The quantitative estimate of drug-likeness (QED) is 0.279. The first kappa shape index (κ1) is 31.0. The molecule has 12 heteroatoms. The number of rotatable bonds is 4. The van der Waals surface area contributed by atoms with Crippen molar-refractivity contribution in [2.24, 2.45) is 28.6 Å². The first-order valence-corrected chi connectivity index (χ1v) is 12.3. The predicted molar refractivity (Wildman–Crippen MR) is 106 cm³/mol. The van der Waals surface area contributed by atoms with Gasteiger partial charge in [-0.3, -0.25) is 9.59 Å². The molecule has 8 nitrogen and oxygen atoms in total. The maximum atomic E-state index is 17.0. The van der Waals surface area contributed by atoms with Gasteiger partial charge >= 0.3 is 59.1 Å². The molecule has 0 spiro atoms. The molecule has 0 amide bonds. The number of allylic oxidation sites excluding steroid dienone is 4. The van der Waals surface area contributed by atoms with Crippen molar-refractivity contribution in [3.05, 3.63) is 23.8 Å². The minimum absolute atomic E-state index is 0. The van der Waals surface area contributed by atoms with E-state index >= 15 is 4.39 Å². The van der Waals surface area contributed by atoms with E-state index in [2.05, 4.69) is 4.52 Å². The Bertz CT molecular complexity index is 984. The van der Waals surface area contributed by atoms with Gasteiger partial charge < -0.3 is 29.1 Å². The Labute approximate surface area is 242 Å². The maximum absolute atomic E-state index is 17.0. The molecular formula is C22H28FNa2O8P. The second-order valence-corrected chi connectivity index (χ2v) is 11.5. The van der Waals surface area contributed by atoms with Gasteiger partial charge in [0.05, 0.1) is 13.9 Å². The molecule has 4 aliphatic rings. The largest absolute Gasteiger partial charge is 1.00 e. The average Bonchev–Trinajstić information content (AvgIpc) is 2.89. The van der Waals surface area contributed by atoms with E-state index in [1.807, 2.05) is 0 Å². The molecule has 0 heterocycles. The Morgan fingerprint density at radius 3 is 2.50 bits per heavy atom. The summed E-state index contributed by atoms with van der Waals surface area (Å²) in [5.41, 5.74) is -6.03. The smallest absolute Gasteiger partial charge is 0.790 e. The van der Waals surface area contributed by atoms with Gasteiger partial charge in [0, 0.05) is 16.7 Å². The number of halogens is 1. The molecule has 4 unspecified atom stereocenters. The molecule has 0 aromatic carbocycles. The molecule has 3 fully saturated rings. The van der Waals surface area contributed by atoms with E-state index in [0.717, 1.165) is 0 Å². The number of phosphoric acid groups is 1. The van der Waals surface area contributed by atoms with Crippen LogP contribution in [0.4, 0.5) is 4.39 Å². The van der Waals surface area contributed by atoms with Crippen molar-refractivity contribution in [3.8, 4) is 0 Å².